The number of oxime groups is 1. The lowest BCUT2D eigenvalue weighted by Gasteiger charge is -2.25. The molecule has 1 saturated carbocycles. The van der Waals surface area contributed by atoms with Crippen LogP contribution in [0.4, 0.5) is 0 Å². The minimum atomic E-state index is 0.0361. The van der Waals surface area contributed by atoms with Gasteiger partial charge in [-0.15, -0.1) is 0 Å². The largest absolute Gasteiger partial charge is 0.409 e. The molecule has 1 fully saturated rings. The number of nitrogens with two attached hydrogens (primary N) is 1. The van der Waals surface area contributed by atoms with Crippen molar-refractivity contribution in [2.75, 3.05) is 6.54 Å². The van der Waals surface area contributed by atoms with Crippen molar-refractivity contribution in [3.05, 3.63) is 30.1 Å². The number of carbonyl (C=O) groups is 1. The van der Waals surface area contributed by atoms with Gasteiger partial charge < -0.3 is 15.8 Å². The van der Waals surface area contributed by atoms with E-state index in [1.807, 2.05) is 19.1 Å². The van der Waals surface area contributed by atoms with Crippen LogP contribution in [0.3, 0.4) is 0 Å². The van der Waals surface area contributed by atoms with Gasteiger partial charge in [-0.3, -0.25) is 9.78 Å². The molecule has 0 aliphatic heterocycles. The van der Waals surface area contributed by atoms with E-state index in [0.29, 0.717) is 25.4 Å². The SMILES string of the molecule is CC(C(=O)N(CC/C(N)=N/O)Cc1cccnc1)C1CC1. The fraction of sp³-hybridized carbons (Fsp3) is 0.533. The summed E-state index contributed by atoms with van der Waals surface area (Å²) < 4.78 is 0. The summed E-state index contributed by atoms with van der Waals surface area (Å²) in [4.78, 5) is 18.4. The Balaban J connectivity index is 2.03. The van der Waals surface area contributed by atoms with Gasteiger partial charge in [0.2, 0.25) is 5.91 Å². The average Bonchev–Trinajstić information content (AvgIpc) is 3.35. The molecule has 6 nitrogen and oxygen atoms in total. The van der Waals surface area contributed by atoms with Crippen LogP contribution in [0.15, 0.2) is 29.7 Å². The molecule has 0 saturated heterocycles. The molecule has 6 heteroatoms. The zero-order valence-corrected chi connectivity index (χ0v) is 12.3. The van der Waals surface area contributed by atoms with E-state index in [1.165, 1.54) is 0 Å². The third-order valence-electron chi connectivity index (χ3n) is 3.89. The van der Waals surface area contributed by atoms with Gasteiger partial charge in [-0.05, 0) is 30.4 Å². The molecule has 0 radical (unpaired) electrons. The van der Waals surface area contributed by atoms with Gasteiger partial charge in [0, 0.05) is 37.8 Å². The second kappa shape index (κ2) is 7.06. The summed E-state index contributed by atoms with van der Waals surface area (Å²) >= 11 is 0. The van der Waals surface area contributed by atoms with E-state index in [0.717, 1.165) is 18.4 Å². The lowest BCUT2D eigenvalue weighted by atomic mass is 10.0. The van der Waals surface area contributed by atoms with Gasteiger partial charge >= 0.3 is 0 Å². The van der Waals surface area contributed by atoms with E-state index in [-0.39, 0.29) is 17.7 Å². The van der Waals surface area contributed by atoms with Gasteiger partial charge in [-0.1, -0.05) is 18.1 Å². The highest BCUT2D eigenvalue weighted by Crippen LogP contribution is 2.37. The number of hydrogen-bond donors (Lipinski definition) is 2. The fourth-order valence-electron chi connectivity index (χ4n) is 2.36. The molecule has 1 amide bonds. The predicted octanol–water partition coefficient (Wildman–Crippen LogP) is 1.59. The van der Waals surface area contributed by atoms with Gasteiger partial charge in [-0.2, -0.15) is 0 Å². The Bertz CT molecular complexity index is 500. The second-order valence-corrected chi connectivity index (χ2v) is 5.59. The number of aromatic nitrogens is 1. The van der Waals surface area contributed by atoms with Crippen LogP contribution in [0.5, 0.6) is 0 Å². The molecule has 1 atom stereocenters. The van der Waals surface area contributed by atoms with Crippen LogP contribution in [-0.2, 0) is 11.3 Å². The van der Waals surface area contributed by atoms with Crippen molar-refractivity contribution in [1.29, 1.82) is 0 Å². The summed E-state index contributed by atoms with van der Waals surface area (Å²) in [5, 5.41) is 11.6. The number of hydrogen-bond acceptors (Lipinski definition) is 4. The number of rotatable bonds is 7. The second-order valence-electron chi connectivity index (χ2n) is 5.59. The normalized spacial score (nSPS) is 16.5. The van der Waals surface area contributed by atoms with Crippen molar-refractivity contribution >= 4 is 11.7 Å². The Morgan fingerprint density at radius 2 is 2.38 bits per heavy atom. The average molecular weight is 290 g/mol. The van der Waals surface area contributed by atoms with Crippen molar-refractivity contribution in [3.8, 4) is 0 Å². The van der Waals surface area contributed by atoms with Crippen molar-refractivity contribution in [2.45, 2.75) is 32.7 Å². The van der Waals surface area contributed by atoms with E-state index < -0.39 is 0 Å². The number of pyridine rings is 1. The molecule has 0 bridgehead atoms. The topological polar surface area (TPSA) is 91.8 Å². The maximum atomic E-state index is 12.6. The minimum Gasteiger partial charge on any atom is -0.409 e. The molecule has 114 valence electrons. The van der Waals surface area contributed by atoms with Crippen molar-refractivity contribution < 1.29 is 10.0 Å². The molecule has 2 rings (SSSR count). The van der Waals surface area contributed by atoms with Gasteiger partial charge in [-0.25, -0.2) is 0 Å². The van der Waals surface area contributed by atoms with Crippen LogP contribution in [0.2, 0.25) is 0 Å². The highest BCUT2D eigenvalue weighted by molar-refractivity contribution is 5.82. The maximum Gasteiger partial charge on any atom is 0.225 e. The zero-order chi connectivity index (χ0) is 15.2. The standard InChI is InChI=1S/C15H22N4O2/c1-11(13-4-5-13)15(20)19(8-6-14(16)18-21)10-12-3-2-7-17-9-12/h2-3,7,9,11,13,21H,4-6,8,10H2,1H3,(H2,16,18). The molecule has 1 unspecified atom stereocenters. The Hall–Kier alpha value is -2.11. The first-order valence-electron chi connectivity index (χ1n) is 7.26. The van der Waals surface area contributed by atoms with Crippen LogP contribution in [0.1, 0.15) is 31.7 Å². The molecular weight excluding hydrogens is 268 g/mol. The zero-order valence-electron chi connectivity index (χ0n) is 12.3. The predicted molar refractivity (Wildman–Crippen MR) is 79.6 cm³/mol. The molecule has 1 aromatic heterocycles. The molecule has 1 aromatic rings. The molecular formula is C15H22N4O2. The summed E-state index contributed by atoms with van der Waals surface area (Å²) in [5.41, 5.74) is 6.49. The molecule has 0 spiro atoms. The number of carbonyl (C=O) groups excluding carboxylic acids is 1. The quantitative estimate of drug-likeness (QED) is 0.345. The van der Waals surface area contributed by atoms with E-state index in [9.17, 15) is 4.79 Å². The molecule has 1 heterocycles. The van der Waals surface area contributed by atoms with Crippen LogP contribution in [0.25, 0.3) is 0 Å². The van der Waals surface area contributed by atoms with E-state index in [2.05, 4.69) is 10.1 Å². The van der Waals surface area contributed by atoms with Crippen LogP contribution >= 0.6 is 0 Å². The Morgan fingerprint density at radius 3 is 2.95 bits per heavy atom. The summed E-state index contributed by atoms with van der Waals surface area (Å²) in [5.74, 6) is 0.817. The smallest absolute Gasteiger partial charge is 0.225 e. The third-order valence-corrected chi connectivity index (χ3v) is 3.89. The Kier molecular flexibility index (Phi) is 5.14. The van der Waals surface area contributed by atoms with Gasteiger partial charge in [0.25, 0.3) is 0 Å². The van der Waals surface area contributed by atoms with E-state index in [4.69, 9.17) is 10.9 Å². The van der Waals surface area contributed by atoms with Gasteiger partial charge in [0.15, 0.2) is 0 Å². The van der Waals surface area contributed by atoms with Crippen molar-refractivity contribution in [1.82, 2.24) is 9.88 Å². The molecule has 1 aliphatic carbocycles. The fourth-order valence-corrected chi connectivity index (χ4v) is 2.36. The maximum absolute atomic E-state index is 12.6. The number of nitrogens with zero attached hydrogens (tertiary/aromatic N) is 3. The monoisotopic (exact) mass is 290 g/mol. The number of amides is 1. The van der Waals surface area contributed by atoms with E-state index in [1.54, 1.807) is 17.3 Å². The molecule has 1 aliphatic rings. The van der Waals surface area contributed by atoms with Crippen molar-refractivity contribution in [3.63, 3.8) is 0 Å². The Morgan fingerprint density at radius 1 is 1.62 bits per heavy atom. The van der Waals surface area contributed by atoms with Gasteiger partial charge in [0.1, 0.15) is 5.84 Å². The van der Waals surface area contributed by atoms with Crippen LogP contribution in [0, 0.1) is 11.8 Å². The summed E-state index contributed by atoms with van der Waals surface area (Å²) in [6.45, 7) is 2.93. The first kappa shape index (κ1) is 15.3. The molecule has 3 N–H and O–H groups in total. The summed E-state index contributed by atoms with van der Waals surface area (Å²) in [7, 11) is 0. The molecule has 0 aromatic carbocycles. The lowest BCUT2D eigenvalue weighted by Crippen LogP contribution is -2.37. The minimum absolute atomic E-state index is 0.0361. The molecule has 21 heavy (non-hydrogen) atoms. The highest BCUT2D eigenvalue weighted by atomic mass is 16.4. The highest BCUT2D eigenvalue weighted by Gasteiger charge is 2.34. The van der Waals surface area contributed by atoms with Gasteiger partial charge in [0.05, 0.1) is 0 Å². The number of amidine groups is 1. The third kappa shape index (κ3) is 4.44. The van der Waals surface area contributed by atoms with Crippen LogP contribution in [-0.4, -0.2) is 33.4 Å². The summed E-state index contributed by atoms with van der Waals surface area (Å²) in [6.07, 6.45) is 6.09. The Labute approximate surface area is 124 Å². The summed E-state index contributed by atoms with van der Waals surface area (Å²) in [6, 6.07) is 3.80. The lowest BCUT2D eigenvalue weighted by molar-refractivity contribution is -0.136. The van der Waals surface area contributed by atoms with Crippen molar-refractivity contribution in [2.24, 2.45) is 22.7 Å². The van der Waals surface area contributed by atoms with Crippen LogP contribution < -0.4 is 5.73 Å². The van der Waals surface area contributed by atoms with E-state index >= 15 is 0 Å². The first-order chi connectivity index (χ1) is 10.1. The first-order valence-corrected chi connectivity index (χ1v) is 7.26.